The van der Waals surface area contributed by atoms with E-state index in [-0.39, 0.29) is 0 Å². The third kappa shape index (κ3) is 2.78. The Balaban J connectivity index is 0.000000531. The van der Waals surface area contributed by atoms with E-state index in [1.165, 1.54) is 0 Å². The fourth-order valence-corrected chi connectivity index (χ4v) is 1.38. The van der Waals surface area contributed by atoms with Gasteiger partial charge in [0.25, 0.3) is 0 Å². The molecule has 0 bridgehead atoms. The van der Waals surface area contributed by atoms with E-state index in [2.05, 4.69) is 6.58 Å². The van der Waals surface area contributed by atoms with E-state index < -0.39 is 0 Å². The molecule has 0 fully saturated rings. The van der Waals surface area contributed by atoms with E-state index >= 15 is 0 Å². The first-order valence-electron chi connectivity index (χ1n) is 4.37. The van der Waals surface area contributed by atoms with Gasteiger partial charge in [-0.2, -0.15) is 0 Å². The average molecular weight is 236 g/mol. The molecule has 0 aliphatic heterocycles. The first-order valence-corrected chi connectivity index (χ1v) is 5.07. The summed E-state index contributed by atoms with van der Waals surface area (Å²) in [6.07, 6.45) is 1.81. The number of phenolic OH excluding ortho intramolecular Hbond substituents is 1. The predicted octanol–water partition coefficient (Wildman–Crippen LogP) is 3.48. The van der Waals surface area contributed by atoms with Crippen LogP contribution in [0.25, 0.3) is 16.8 Å². The third-order valence-corrected chi connectivity index (χ3v) is 2.08. The van der Waals surface area contributed by atoms with Gasteiger partial charge in [-0.1, -0.05) is 30.9 Å². The SMILES string of the molecule is C=Cc1ccc2cc(O)ccc2c1.[NH]=[V]. The molecular weight excluding hydrogens is 225 g/mol. The number of phenols is 1. The van der Waals surface area contributed by atoms with E-state index in [4.69, 9.17) is 4.21 Å². The molecule has 0 amide bonds. The molecule has 0 radical (unpaired) electrons. The summed E-state index contributed by atoms with van der Waals surface area (Å²) >= 11 is 1.56. The molecular formula is C12H11NOV. The topological polar surface area (TPSA) is 44.1 Å². The minimum atomic E-state index is 0.304. The van der Waals surface area contributed by atoms with Crippen molar-refractivity contribution in [3.63, 3.8) is 0 Å². The van der Waals surface area contributed by atoms with Crippen LogP contribution in [0.4, 0.5) is 0 Å². The molecule has 0 atom stereocenters. The number of fused-ring (bicyclic) bond motifs is 1. The first kappa shape index (κ1) is 11.7. The predicted molar refractivity (Wildman–Crippen MR) is 58.4 cm³/mol. The van der Waals surface area contributed by atoms with Crippen molar-refractivity contribution in [3.8, 4) is 5.75 Å². The second-order valence-corrected chi connectivity index (χ2v) is 3.00. The maximum atomic E-state index is 9.24. The number of nitrogens with one attached hydrogen (secondary N) is 1. The molecule has 75 valence electrons. The van der Waals surface area contributed by atoms with Crippen molar-refractivity contribution in [1.29, 1.82) is 4.21 Å². The van der Waals surface area contributed by atoms with Gasteiger partial charge in [-0.25, -0.2) is 0 Å². The fraction of sp³-hybridized carbons (Fsp3) is 0. The second kappa shape index (κ2) is 5.49. The van der Waals surface area contributed by atoms with Crippen LogP contribution in [-0.4, -0.2) is 5.11 Å². The molecule has 0 spiro atoms. The Morgan fingerprint density at radius 1 is 1.07 bits per heavy atom. The van der Waals surface area contributed by atoms with Crippen LogP contribution in [0.1, 0.15) is 5.56 Å². The summed E-state index contributed by atoms with van der Waals surface area (Å²) in [5.74, 6) is 0.304. The number of aromatic hydroxyl groups is 1. The van der Waals surface area contributed by atoms with Gasteiger partial charge >= 0.3 is 21.4 Å². The molecule has 2 aromatic carbocycles. The van der Waals surface area contributed by atoms with Gasteiger partial charge in [-0.05, 0) is 34.5 Å². The zero-order valence-electron chi connectivity index (χ0n) is 8.14. The summed E-state index contributed by atoms with van der Waals surface area (Å²) < 4.78 is 5.69. The summed E-state index contributed by atoms with van der Waals surface area (Å²) in [4.78, 5) is 0. The zero-order chi connectivity index (χ0) is 11.3. The van der Waals surface area contributed by atoms with E-state index in [1.54, 1.807) is 29.4 Å². The van der Waals surface area contributed by atoms with E-state index in [0.29, 0.717) is 5.75 Å². The normalized spacial score (nSPS) is 9.00. The van der Waals surface area contributed by atoms with E-state index in [0.717, 1.165) is 16.3 Å². The number of rotatable bonds is 1. The summed E-state index contributed by atoms with van der Waals surface area (Å²) in [7, 11) is 0. The van der Waals surface area contributed by atoms with Crippen LogP contribution >= 0.6 is 0 Å². The maximum absolute atomic E-state index is 9.24. The molecule has 2 nitrogen and oxygen atoms in total. The van der Waals surface area contributed by atoms with Crippen LogP contribution < -0.4 is 0 Å². The summed E-state index contributed by atoms with van der Waals surface area (Å²) in [5, 5.41) is 11.4. The molecule has 0 aromatic heterocycles. The Morgan fingerprint density at radius 3 is 2.33 bits per heavy atom. The van der Waals surface area contributed by atoms with Crippen LogP contribution in [0.3, 0.4) is 0 Å². The monoisotopic (exact) mass is 236 g/mol. The number of hydrogen-bond donors (Lipinski definition) is 2. The van der Waals surface area contributed by atoms with Gasteiger partial charge in [-0.15, -0.1) is 0 Å². The summed E-state index contributed by atoms with van der Waals surface area (Å²) in [6, 6.07) is 11.3. The van der Waals surface area contributed by atoms with Gasteiger partial charge in [0.2, 0.25) is 0 Å². The molecule has 0 unspecified atom stereocenters. The van der Waals surface area contributed by atoms with Crippen molar-refractivity contribution in [2.24, 2.45) is 0 Å². The number of hydrogen-bond acceptors (Lipinski definition) is 2. The van der Waals surface area contributed by atoms with Gasteiger partial charge in [0.1, 0.15) is 5.75 Å². The summed E-state index contributed by atoms with van der Waals surface area (Å²) in [6.45, 7) is 3.71. The summed E-state index contributed by atoms with van der Waals surface area (Å²) in [5.41, 5.74) is 1.10. The second-order valence-electron chi connectivity index (χ2n) is 3.00. The van der Waals surface area contributed by atoms with Crippen LogP contribution in [0.15, 0.2) is 43.0 Å². The third-order valence-electron chi connectivity index (χ3n) is 2.08. The van der Waals surface area contributed by atoms with Crippen molar-refractivity contribution in [2.75, 3.05) is 0 Å². The fourth-order valence-electron chi connectivity index (χ4n) is 1.38. The molecule has 0 saturated carbocycles. The zero-order valence-corrected chi connectivity index (χ0v) is 9.54. The van der Waals surface area contributed by atoms with Crippen molar-refractivity contribution in [3.05, 3.63) is 48.5 Å². The van der Waals surface area contributed by atoms with Gasteiger partial charge < -0.3 is 5.11 Å². The van der Waals surface area contributed by atoms with Gasteiger partial charge in [0, 0.05) is 0 Å². The van der Waals surface area contributed by atoms with Crippen molar-refractivity contribution in [1.82, 2.24) is 0 Å². The van der Waals surface area contributed by atoms with Gasteiger partial charge in [-0.3, -0.25) is 0 Å². The Morgan fingerprint density at radius 2 is 1.67 bits per heavy atom. The van der Waals surface area contributed by atoms with Gasteiger partial charge in [0.05, 0.1) is 0 Å². The molecule has 0 heterocycles. The van der Waals surface area contributed by atoms with Crippen LogP contribution in [-0.2, 0) is 17.2 Å². The Labute approximate surface area is 97.8 Å². The Bertz CT molecular complexity index is 482. The molecule has 2 rings (SSSR count). The average Bonchev–Trinajstić information content (AvgIpc) is 2.31. The molecule has 0 saturated heterocycles. The molecule has 2 N–H and O–H groups in total. The molecule has 2 aromatic rings. The Hall–Kier alpha value is -1.38. The van der Waals surface area contributed by atoms with Crippen molar-refractivity contribution >= 4 is 16.8 Å². The molecule has 0 aliphatic rings. The van der Waals surface area contributed by atoms with E-state index in [9.17, 15) is 5.11 Å². The van der Waals surface area contributed by atoms with Crippen molar-refractivity contribution < 1.29 is 22.3 Å². The quantitative estimate of drug-likeness (QED) is 0.782. The first-order chi connectivity index (χ1) is 7.29. The molecule has 3 heteroatoms. The van der Waals surface area contributed by atoms with Gasteiger partial charge in [0.15, 0.2) is 0 Å². The standard InChI is InChI=1S/C12H10O.HN.V/c1-2-9-3-4-11-8-12(13)6-5-10(11)7-9;;/h2-8,13H,1H2;1H;. The molecule has 0 aliphatic carbocycles. The Kier molecular flexibility index (Phi) is 4.28. The van der Waals surface area contributed by atoms with Crippen LogP contribution in [0.2, 0.25) is 0 Å². The van der Waals surface area contributed by atoms with Crippen molar-refractivity contribution in [2.45, 2.75) is 0 Å². The minimum absolute atomic E-state index is 0.304. The number of benzene rings is 2. The van der Waals surface area contributed by atoms with E-state index in [1.807, 2.05) is 30.3 Å². The molecule has 15 heavy (non-hydrogen) atoms. The van der Waals surface area contributed by atoms with Crippen LogP contribution in [0, 0.1) is 4.21 Å². The van der Waals surface area contributed by atoms with Crippen LogP contribution in [0.5, 0.6) is 5.75 Å².